The lowest BCUT2D eigenvalue weighted by atomic mass is 10.0. The maximum atomic E-state index is 12.1. The number of hydrogen-bond donors (Lipinski definition) is 0. The van der Waals surface area contributed by atoms with Crippen molar-refractivity contribution in [3.8, 4) is 23.0 Å². The minimum Gasteiger partial charge on any atom is -0.325 e. The Morgan fingerprint density at radius 2 is 2.09 bits per heavy atom. The van der Waals surface area contributed by atoms with E-state index in [2.05, 4.69) is 35.0 Å². The standard InChI is InChI=1S/C19H18N2O/c1-2-5-19(22)21(18-9-10-18)14-15-6-3-7-16(12-15)17-8-4-11-20-13-17/h3-4,6-8,11-13,18H,9-10,14H2,1H3. The van der Waals surface area contributed by atoms with Crippen molar-refractivity contribution in [2.45, 2.75) is 32.4 Å². The van der Waals surface area contributed by atoms with E-state index in [0.29, 0.717) is 12.6 Å². The summed E-state index contributed by atoms with van der Waals surface area (Å²) in [6.07, 6.45) is 5.79. The molecule has 22 heavy (non-hydrogen) atoms. The maximum Gasteiger partial charge on any atom is 0.299 e. The molecule has 0 atom stereocenters. The molecule has 0 spiro atoms. The largest absolute Gasteiger partial charge is 0.325 e. The summed E-state index contributed by atoms with van der Waals surface area (Å²) in [6.45, 7) is 2.32. The Bertz CT molecular complexity index is 724. The number of nitrogens with zero attached hydrogens (tertiary/aromatic N) is 2. The summed E-state index contributed by atoms with van der Waals surface area (Å²) < 4.78 is 0. The first kappa shape index (κ1) is 14.3. The molecule has 1 saturated carbocycles. The highest BCUT2D eigenvalue weighted by molar-refractivity contribution is 5.93. The van der Waals surface area contributed by atoms with Gasteiger partial charge >= 0.3 is 0 Å². The quantitative estimate of drug-likeness (QED) is 0.810. The van der Waals surface area contributed by atoms with Gasteiger partial charge in [-0.3, -0.25) is 9.78 Å². The summed E-state index contributed by atoms with van der Waals surface area (Å²) in [5.74, 6) is 5.29. The van der Waals surface area contributed by atoms with Crippen molar-refractivity contribution in [2.75, 3.05) is 0 Å². The highest BCUT2D eigenvalue weighted by Gasteiger charge is 2.31. The monoisotopic (exact) mass is 290 g/mol. The van der Waals surface area contributed by atoms with E-state index in [-0.39, 0.29) is 5.91 Å². The Morgan fingerprint density at radius 3 is 2.77 bits per heavy atom. The van der Waals surface area contributed by atoms with Crippen molar-refractivity contribution in [3.63, 3.8) is 0 Å². The van der Waals surface area contributed by atoms with Crippen LogP contribution in [0.2, 0.25) is 0 Å². The first-order chi connectivity index (χ1) is 10.8. The number of carbonyl (C=O) groups is 1. The van der Waals surface area contributed by atoms with Gasteiger partial charge in [0, 0.05) is 25.0 Å². The molecule has 3 nitrogen and oxygen atoms in total. The zero-order valence-corrected chi connectivity index (χ0v) is 12.6. The lowest BCUT2D eigenvalue weighted by molar-refractivity contribution is -0.126. The van der Waals surface area contributed by atoms with Gasteiger partial charge in [-0.25, -0.2) is 0 Å². The third kappa shape index (κ3) is 3.35. The van der Waals surface area contributed by atoms with E-state index in [1.165, 1.54) is 0 Å². The van der Waals surface area contributed by atoms with Crippen LogP contribution in [-0.4, -0.2) is 21.8 Å². The minimum absolute atomic E-state index is 0.0724. The number of pyridine rings is 1. The van der Waals surface area contributed by atoms with Crippen LogP contribution in [0.25, 0.3) is 11.1 Å². The minimum atomic E-state index is -0.0724. The number of aromatic nitrogens is 1. The average molecular weight is 290 g/mol. The van der Waals surface area contributed by atoms with Crippen molar-refractivity contribution in [3.05, 3.63) is 54.4 Å². The molecule has 1 aromatic carbocycles. The molecule has 1 amide bonds. The molecule has 0 saturated heterocycles. The van der Waals surface area contributed by atoms with E-state index in [1.54, 1.807) is 13.1 Å². The SMILES string of the molecule is CC#CC(=O)N(Cc1cccc(-c2cccnc2)c1)C1CC1. The molecule has 0 bridgehead atoms. The summed E-state index contributed by atoms with van der Waals surface area (Å²) in [4.78, 5) is 18.2. The van der Waals surface area contributed by atoms with Crippen LogP contribution >= 0.6 is 0 Å². The fraction of sp³-hybridized carbons (Fsp3) is 0.263. The molecule has 1 aromatic heterocycles. The number of hydrogen-bond acceptors (Lipinski definition) is 2. The number of amides is 1. The van der Waals surface area contributed by atoms with E-state index in [1.807, 2.05) is 29.3 Å². The summed E-state index contributed by atoms with van der Waals surface area (Å²) in [6, 6.07) is 12.6. The van der Waals surface area contributed by atoms with Crippen LogP contribution in [0, 0.1) is 11.8 Å². The van der Waals surface area contributed by atoms with Gasteiger partial charge in [0.15, 0.2) is 0 Å². The molecule has 0 N–H and O–H groups in total. The third-order valence-electron chi connectivity index (χ3n) is 3.76. The lowest BCUT2D eigenvalue weighted by Crippen LogP contribution is -2.31. The molecule has 0 unspecified atom stereocenters. The summed E-state index contributed by atoms with van der Waals surface area (Å²) >= 11 is 0. The molecule has 110 valence electrons. The molecule has 1 heterocycles. The van der Waals surface area contributed by atoms with Crippen molar-refractivity contribution in [2.24, 2.45) is 0 Å². The molecule has 0 aliphatic heterocycles. The van der Waals surface area contributed by atoms with E-state index in [4.69, 9.17) is 0 Å². The van der Waals surface area contributed by atoms with Gasteiger partial charge in [-0.1, -0.05) is 30.2 Å². The predicted octanol–water partition coefficient (Wildman–Crippen LogP) is 3.26. The first-order valence-electron chi connectivity index (χ1n) is 7.50. The molecular weight excluding hydrogens is 272 g/mol. The second-order valence-corrected chi connectivity index (χ2v) is 5.48. The Labute approximate surface area is 131 Å². The van der Waals surface area contributed by atoms with Crippen LogP contribution in [0.3, 0.4) is 0 Å². The van der Waals surface area contributed by atoms with Crippen LogP contribution in [0.4, 0.5) is 0 Å². The van der Waals surface area contributed by atoms with Gasteiger partial charge in [0.2, 0.25) is 0 Å². The number of carbonyl (C=O) groups excluding carboxylic acids is 1. The van der Waals surface area contributed by atoms with E-state index < -0.39 is 0 Å². The van der Waals surface area contributed by atoms with Gasteiger partial charge in [-0.15, -0.1) is 0 Å². The van der Waals surface area contributed by atoms with E-state index in [0.717, 1.165) is 29.5 Å². The maximum absolute atomic E-state index is 12.1. The fourth-order valence-corrected chi connectivity index (χ4v) is 2.51. The van der Waals surface area contributed by atoms with Crippen molar-refractivity contribution >= 4 is 5.91 Å². The van der Waals surface area contributed by atoms with E-state index >= 15 is 0 Å². The second kappa shape index (κ2) is 6.44. The normalized spacial score (nSPS) is 13.1. The van der Waals surface area contributed by atoms with Crippen LogP contribution in [-0.2, 0) is 11.3 Å². The smallest absolute Gasteiger partial charge is 0.299 e. The van der Waals surface area contributed by atoms with Crippen LogP contribution in [0.5, 0.6) is 0 Å². The molecule has 3 rings (SSSR count). The van der Waals surface area contributed by atoms with Crippen molar-refractivity contribution in [1.82, 2.24) is 9.88 Å². The van der Waals surface area contributed by atoms with Gasteiger partial charge < -0.3 is 4.90 Å². The Hall–Kier alpha value is -2.60. The molecular formula is C19H18N2O. The summed E-state index contributed by atoms with van der Waals surface area (Å²) in [5.41, 5.74) is 3.33. The third-order valence-corrected chi connectivity index (χ3v) is 3.76. The zero-order chi connectivity index (χ0) is 15.4. The summed E-state index contributed by atoms with van der Waals surface area (Å²) in [5, 5.41) is 0. The van der Waals surface area contributed by atoms with Crippen molar-refractivity contribution in [1.29, 1.82) is 0 Å². The van der Waals surface area contributed by atoms with Gasteiger partial charge in [-0.05, 0) is 54.5 Å². The zero-order valence-electron chi connectivity index (χ0n) is 12.6. The second-order valence-electron chi connectivity index (χ2n) is 5.48. The van der Waals surface area contributed by atoms with E-state index in [9.17, 15) is 4.79 Å². The lowest BCUT2D eigenvalue weighted by Gasteiger charge is -2.20. The van der Waals surface area contributed by atoms with Gasteiger partial charge in [0.25, 0.3) is 5.91 Å². The molecule has 3 heteroatoms. The molecule has 0 radical (unpaired) electrons. The average Bonchev–Trinajstić information content (AvgIpc) is 3.39. The number of benzene rings is 1. The number of rotatable bonds is 4. The topological polar surface area (TPSA) is 33.2 Å². The van der Waals surface area contributed by atoms with Crippen LogP contribution in [0.1, 0.15) is 25.3 Å². The Kier molecular flexibility index (Phi) is 4.20. The highest BCUT2D eigenvalue weighted by atomic mass is 16.2. The fourth-order valence-electron chi connectivity index (χ4n) is 2.51. The van der Waals surface area contributed by atoms with Gasteiger partial charge in [0.05, 0.1) is 0 Å². The molecule has 1 fully saturated rings. The molecule has 1 aliphatic carbocycles. The van der Waals surface area contributed by atoms with Crippen LogP contribution in [0.15, 0.2) is 48.8 Å². The summed E-state index contributed by atoms with van der Waals surface area (Å²) in [7, 11) is 0. The molecule has 1 aliphatic rings. The van der Waals surface area contributed by atoms with Crippen molar-refractivity contribution < 1.29 is 4.79 Å². The first-order valence-corrected chi connectivity index (χ1v) is 7.50. The van der Waals surface area contributed by atoms with Crippen LogP contribution < -0.4 is 0 Å². The molecule has 2 aromatic rings. The highest BCUT2D eigenvalue weighted by Crippen LogP contribution is 2.29. The van der Waals surface area contributed by atoms with Gasteiger partial charge in [-0.2, -0.15) is 0 Å². The Balaban J connectivity index is 1.82. The van der Waals surface area contributed by atoms with Gasteiger partial charge in [0.1, 0.15) is 0 Å². The predicted molar refractivity (Wildman–Crippen MR) is 86.7 cm³/mol. The Morgan fingerprint density at radius 1 is 1.27 bits per heavy atom.